The normalized spacial score (nSPS) is 19.8. The first kappa shape index (κ1) is 16.5. The van der Waals surface area contributed by atoms with Gasteiger partial charge < -0.3 is 10.1 Å². The number of rotatable bonds is 4. The number of nitrogens with zero attached hydrogens (tertiary/aromatic N) is 1. The molecule has 0 saturated carbocycles. The van der Waals surface area contributed by atoms with Crippen molar-refractivity contribution < 1.29 is 9.13 Å². The number of hydrogen-bond acceptors (Lipinski definition) is 3. The summed E-state index contributed by atoms with van der Waals surface area (Å²) in [7, 11) is 0. The molecule has 2 rings (SSSR count). The van der Waals surface area contributed by atoms with Crippen molar-refractivity contribution in [3.8, 4) is 5.75 Å². The Morgan fingerprint density at radius 3 is 3.00 bits per heavy atom. The molecule has 6 heteroatoms. The lowest BCUT2D eigenvalue weighted by Gasteiger charge is -2.33. The molecule has 1 fully saturated rings. The first-order valence-corrected chi connectivity index (χ1v) is 6.57. The highest BCUT2D eigenvalue weighted by atomic mass is 35.5. The molecule has 0 spiro atoms. The highest BCUT2D eigenvalue weighted by Crippen LogP contribution is 2.24. The van der Waals surface area contributed by atoms with Crippen LogP contribution in [0.2, 0.25) is 5.02 Å². The highest BCUT2D eigenvalue weighted by molar-refractivity contribution is 6.32. The Labute approximate surface area is 124 Å². The second-order valence-corrected chi connectivity index (χ2v) is 4.92. The molecular weight excluding hydrogens is 290 g/mol. The van der Waals surface area contributed by atoms with Crippen LogP contribution in [0.4, 0.5) is 4.39 Å². The van der Waals surface area contributed by atoms with Gasteiger partial charge in [0.2, 0.25) is 0 Å². The lowest BCUT2D eigenvalue weighted by molar-refractivity contribution is 0.143. The van der Waals surface area contributed by atoms with Crippen LogP contribution in [0, 0.1) is 5.82 Å². The molecule has 1 N–H and O–H groups in total. The Morgan fingerprint density at radius 1 is 1.53 bits per heavy atom. The van der Waals surface area contributed by atoms with Crippen molar-refractivity contribution in [3.05, 3.63) is 29.0 Å². The van der Waals surface area contributed by atoms with E-state index >= 15 is 0 Å². The third kappa shape index (κ3) is 4.80. The van der Waals surface area contributed by atoms with E-state index in [1.165, 1.54) is 12.1 Å². The molecule has 0 amide bonds. The first-order valence-electron chi connectivity index (χ1n) is 6.19. The fourth-order valence-corrected chi connectivity index (χ4v) is 2.30. The molecule has 1 unspecified atom stereocenters. The number of ether oxygens (including phenoxy) is 1. The van der Waals surface area contributed by atoms with Crippen LogP contribution in [0.15, 0.2) is 18.2 Å². The van der Waals surface area contributed by atoms with Crippen molar-refractivity contribution >= 4 is 24.0 Å². The SMILES string of the molecule is CC1CNCCN1CCOc1ccc(F)cc1Cl.Cl. The molecule has 1 aliphatic heterocycles. The zero-order chi connectivity index (χ0) is 13.0. The molecule has 3 nitrogen and oxygen atoms in total. The van der Waals surface area contributed by atoms with Crippen LogP contribution < -0.4 is 10.1 Å². The van der Waals surface area contributed by atoms with Crippen LogP contribution in [0.25, 0.3) is 0 Å². The van der Waals surface area contributed by atoms with Crippen LogP contribution in [-0.2, 0) is 0 Å². The van der Waals surface area contributed by atoms with Crippen molar-refractivity contribution in [2.75, 3.05) is 32.8 Å². The molecular formula is C13H19Cl2FN2O. The molecule has 1 aliphatic rings. The molecule has 0 aliphatic carbocycles. The van der Waals surface area contributed by atoms with E-state index in [-0.39, 0.29) is 18.2 Å². The predicted octanol–water partition coefficient (Wildman–Crippen LogP) is 2.57. The van der Waals surface area contributed by atoms with Gasteiger partial charge in [-0.2, -0.15) is 0 Å². The van der Waals surface area contributed by atoms with Gasteiger partial charge in [-0.1, -0.05) is 11.6 Å². The first-order chi connectivity index (χ1) is 8.66. The fraction of sp³-hybridized carbons (Fsp3) is 0.538. The van der Waals surface area contributed by atoms with Gasteiger partial charge in [0, 0.05) is 32.2 Å². The Morgan fingerprint density at radius 2 is 2.32 bits per heavy atom. The third-order valence-electron chi connectivity index (χ3n) is 3.17. The van der Waals surface area contributed by atoms with Crippen molar-refractivity contribution in [3.63, 3.8) is 0 Å². The Kier molecular flexibility index (Phi) is 6.86. The molecule has 0 radical (unpaired) electrons. The maximum Gasteiger partial charge on any atom is 0.138 e. The van der Waals surface area contributed by atoms with Gasteiger partial charge >= 0.3 is 0 Å². The van der Waals surface area contributed by atoms with Crippen LogP contribution in [0.5, 0.6) is 5.75 Å². The van der Waals surface area contributed by atoms with Crippen molar-refractivity contribution in [2.45, 2.75) is 13.0 Å². The number of hydrogen-bond donors (Lipinski definition) is 1. The van der Waals surface area contributed by atoms with Crippen LogP contribution in [0.3, 0.4) is 0 Å². The van der Waals surface area contributed by atoms with Gasteiger partial charge in [-0.05, 0) is 25.1 Å². The molecule has 19 heavy (non-hydrogen) atoms. The summed E-state index contributed by atoms with van der Waals surface area (Å²) in [6, 6.07) is 4.71. The number of halogens is 3. The fourth-order valence-electron chi connectivity index (χ4n) is 2.08. The van der Waals surface area contributed by atoms with Crippen molar-refractivity contribution in [1.29, 1.82) is 0 Å². The average molecular weight is 309 g/mol. The Hall–Kier alpha value is -0.550. The smallest absolute Gasteiger partial charge is 0.138 e. The summed E-state index contributed by atoms with van der Waals surface area (Å²) in [6.45, 7) is 6.67. The van der Waals surface area contributed by atoms with Gasteiger partial charge in [-0.3, -0.25) is 4.90 Å². The van der Waals surface area contributed by atoms with Crippen molar-refractivity contribution in [1.82, 2.24) is 10.2 Å². The standard InChI is InChI=1S/C13H18ClFN2O.ClH/c1-10-9-16-4-5-17(10)6-7-18-13-3-2-11(15)8-12(13)14;/h2-3,8,10,16H,4-7,9H2,1H3;1H. The number of piperazine rings is 1. The number of benzene rings is 1. The van der Waals surface area contributed by atoms with Gasteiger partial charge in [0.25, 0.3) is 0 Å². The Balaban J connectivity index is 0.00000180. The van der Waals surface area contributed by atoms with Gasteiger partial charge in [0.05, 0.1) is 5.02 Å². The van der Waals surface area contributed by atoms with E-state index in [1.807, 2.05) is 0 Å². The monoisotopic (exact) mass is 308 g/mol. The van der Waals surface area contributed by atoms with E-state index in [0.29, 0.717) is 23.4 Å². The summed E-state index contributed by atoms with van der Waals surface area (Å²) < 4.78 is 18.4. The molecule has 1 aromatic carbocycles. The average Bonchev–Trinajstić information content (AvgIpc) is 2.34. The summed E-state index contributed by atoms with van der Waals surface area (Å²) in [5, 5.41) is 3.67. The maximum absolute atomic E-state index is 12.9. The lowest BCUT2D eigenvalue weighted by atomic mass is 10.2. The van der Waals surface area contributed by atoms with Crippen LogP contribution in [0.1, 0.15) is 6.92 Å². The molecule has 0 aromatic heterocycles. The summed E-state index contributed by atoms with van der Waals surface area (Å²) >= 11 is 5.89. The minimum atomic E-state index is -0.344. The van der Waals surface area contributed by atoms with Gasteiger partial charge in [0.15, 0.2) is 0 Å². The predicted molar refractivity (Wildman–Crippen MR) is 78.1 cm³/mol. The summed E-state index contributed by atoms with van der Waals surface area (Å²) in [5.74, 6) is 0.198. The van der Waals surface area contributed by atoms with Gasteiger partial charge in [0.1, 0.15) is 18.2 Å². The van der Waals surface area contributed by atoms with Crippen molar-refractivity contribution in [2.24, 2.45) is 0 Å². The molecule has 108 valence electrons. The van der Waals surface area contributed by atoms with E-state index in [4.69, 9.17) is 16.3 Å². The molecule has 1 aromatic rings. The largest absolute Gasteiger partial charge is 0.491 e. The second kappa shape index (κ2) is 7.90. The maximum atomic E-state index is 12.9. The Bertz CT molecular complexity index is 406. The molecule has 1 atom stereocenters. The minimum absolute atomic E-state index is 0. The van der Waals surface area contributed by atoms with E-state index in [9.17, 15) is 4.39 Å². The number of nitrogens with one attached hydrogen (secondary N) is 1. The minimum Gasteiger partial charge on any atom is -0.491 e. The van der Waals surface area contributed by atoms with E-state index in [0.717, 1.165) is 26.2 Å². The highest BCUT2D eigenvalue weighted by Gasteiger charge is 2.17. The van der Waals surface area contributed by atoms with Gasteiger partial charge in [-0.25, -0.2) is 4.39 Å². The molecule has 0 bridgehead atoms. The van der Waals surface area contributed by atoms with Gasteiger partial charge in [-0.15, -0.1) is 12.4 Å². The summed E-state index contributed by atoms with van der Waals surface area (Å²) in [5.41, 5.74) is 0. The van der Waals surface area contributed by atoms with E-state index in [1.54, 1.807) is 6.07 Å². The quantitative estimate of drug-likeness (QED) is 0.925. The lowest BCUT2D eigenvalue weighted by Crippen LogP contribution is -2.50. The molecule has 1 heterocycles. The second-order valence-electron chi connectivity index (χ2n) is 4.51. The molecule has 1 saturated heterocycles. The van der Waals surface area contributed by atoms with Crippen LogP contribution in [-0.4, -0.2) is 43.7 Å². The summed E-state index contributed by atoms with van der Waals surface area (Å²) in [6.07, 6.45) is 0. The van der Waals surface area contributed by atoms with Crippen LogP contribution >= 0.6 is 24.0 Å². The summed E-state index contributed by atoms with van der Waals surface area (Å²) in [4.78, 5) is 2.37. The zero-order valence-electron chi connectivity index (χ0n) is 10.9. The van der Waals surface area contributed by atoms with E-state index < -0.39 is 0 Å². The topological polar surface area (TPSA) is 24.5 Å². The third-order valence-corrected chi connectivity index (χ3v) is 3.46. The van der Waals surface area contributed by atoms with E-state index in [2.05, 4.69) is 17.1 Å². The zero-order valence-corrected chi connectivity index (χ0v) is 12.4.